The van der Waals surface area contributed by atoms with Crippen molar-refractivity contribution in [2.24, 2.45) is 5.92 Å². The Kier molecular flexibility index (Phi) is 7.01. The zero-order chi connectivity index (χ0) is 17.5. The number of rotatable bonds is 7. The predicted octanol–water partition coefficient (Wildman–Crippen LogP) is 4.72. The summed E-state index contributed by atoms with van der Waals surface area (Å²) in [4.78, 5) is 23.6. The molecule has 1 atom stereocenters. The van der Waals surface area contributed by atoms with Crippen LogP contribution < -0.4 is 0 Å². The first kappa shape index (κ1) is 18.9. The number of ketones is 1. The van der Waals surface area contributed by atoms with E-state index in [0.29, 0.717) is 11.3 Å². The third-order valence-corrected chi connectivity index (χ3v) is 3.09. The molecule has 4 heteroatoms. The van der Waals surface area contributed by atoms with Crippen LogP contribution in [0.15, 0.2) is 46.6 Å². The van der Waals surface area contributed by atoms with Crippen LogP contribution in [0.25, 0.3) is 0 Å². The summed E-state index contributed by atoms with van der Waals surface area (Å²) in [6.45, 7) is 9.34. The van der Waals surface area contributed by atoms with Crippen LogP contribution in [0.4, 0.5) is 0 Å². The van der Waals surface area contributed by atoms with E-state index in [4.69, 9.17) is 9.15 Å². The second kappa shape index (κ2) is 8.51. The van der Waals surface area contributed by atoms with Gasteiger partial charge in [-0.05, 0) is 64.2 Å². The Hall–Kier alpha value is -2.10. The maximum atomic E-state index is 12.1. The highest BCUT2D eigenvalue weighted by molar-refractivity contribution is 6.06. The maximum Gasteiger partial charge on any atom is 0.330 e. The number of hydrogen-bond acceptors (Lipinski definition) is 4. The lowest BCUT2D eigenvalue weighted by Gasteiger charge is -2.17. The third-order valence-electron chi connectivity index (χ3n) is 3.09. The van der Waals surface area contributed by atoms with Crippen LogP contribution in [0.2, 0.25) is 0 Å². The summed E-state index contributed by atoms with van der Waals surface area (Å²) in [7, 11) is 0. The van der Waals surface area contributed by atoms with Crippen molar-refractivity contribution in [2.45, 2.75) is 53.1 Å². The predicted molar refractivity (Wildman–Crippen MR) is 90.2 cm³/mol. The van der Waals surface area contributed by atoms with Gasteiger partial charge in [-0.25, -0.2) is 4.79 Å². The minimum atomic E-state index is -0.471. The van der Waals surface area contributed by atoms with Gasteiger partial charge in [0.15, 0.2) is 5.76 Å². The van der Waals surface area contributed by atoms with Crippen LogP contribution in [0.5, 0.6) is 0 Å². The molecule has 0 aromatic carbocycles. The van der Waals surface area contributed by atoms with E-state index in [2.05, 4.69) is 0 Å². The fraction of sp³-hybridized carbons (Fsp3) is 0.474. The molecule has 126 valence electrons. The third kappa shape index (κ3) is 7.63. The summed E-state index contributed by atoms with van der Waals surface area (Å²) >= 11 is 0. The van der Waals surface area contributed by atoms with Crippen LogP contribution in [0.1, 0.15) is 58.0 Å². The summed E-state index contributed by atoms with van der Waals surface area (Å²) in [6, 6.07) is 3.36. The van der Waals surface area contributed by atoms with E-state index in [1.807, 2.05) is 39.8 Å². The number of Topliss-reactive ketones (excluding diaryl/α,β-unsaturated/α-hetero) is 1. The number of hydrogen-bond donors (Lipinski definition) is 0. The Labute approximate surface area is 138 Å². The molecule has 0 aliphatic rings. The summed E-state index contributed by atoms with van der Waals surface area (Å²) < 4.78 is 10.3. The number of carbonyl (C=O) groups is 2. The number of carbonyl (C=O) groups excluding carboxylic acids is 2. The maximum absolute atomic E-state index is 12.1. The van der Waals surface area contributed by atoms with Gasteiger partial charge in [0.2, 0.25) is 5.78 Å². The van der Waals surface area contributed by atoms with Gasteiger partial charge in [-0.2, -0.15) is 0 Å². The monoisotopic (exact) mass is 318 g/mol. The van der Waals surface area contributed by atoms with Gasteiger partial charge < -0.3 is 9.15 Å². The first-order valence-electron chi connectivity index (χ1n) is 7.85. The van der Waals surface area contributed by atoms with E-state index in [9.17, 15) is 9.59 Å². The Morgan fingerprint density at radius 2 is 2.04 bits per heavy atom. The summed E-state index contributed by atoms with van der Waals surface area (Å²) in [5, 5.41) is 0. The molecule has 1 aromatic heterocycles. The molecule has 0 spiro atoms. The molecule has 0 radical (unpaired) electrons. The van der Waals surface area contributed by atoms with E-state index >= 15 is 0 Å². The molecule has 1 heterocycles. The van der Waals surface area contributed by atoms with Gasteiger partial charge in [0.25, 0.3) is 0 Å². The quantitative estimate of drug-likeness (QED) is 0.414. The van der Waals surface area contributed by atoms with Crippen LogP contribution in [-0.4, -0.2) is 17.4 Å². The minimum Gasteiger partial charge on any atom is -0.461 e. The molecule has 1 rings (SSSR count). The van der Waals surface area contributed by atoms with Crippen molar-refractivity contribution in [3.05, 3.63) is 48.0 Å². The molecule has 0 bridgehead atoms. The molecule has 0 aliphatic heterocycles. The molecular formula is C19H26O4. The van der Waals surface area contributed by atoms with E-state index in [-0.39, 0.29) is 17.7 Å². The molecular weight excluding hydrogens is 292 g/mol. The first-order chi connectivity index (χ1) is 10.7. The second-order valence-corrected chi connectivity index (χ2v) is 6.65. The largest absolute Gasteiger partial charge is 0.461 e. The molecule has 0 aliphatic carbocycles. The Morgan fingerprint density at radius 1 is 1.35 bits per heavy atom. The molecule has 0 saturated carbocycles. The highest BCUT2D eigenvalue weighted by Crippen LogP contribution is 2.15. The number of ether oxygens (including phenoxy) is 1. The topological polar surface area (TPSA) is 56.5 Å². The molecule has 4 nitrogen and oxygen atoms in total. The van der Waals surface area contributed by atoms with Crippen LogP contribution in [0.3, 0.4) is 0 Å². The summed E-state index contributed by atoms with van der Waals surface area (Å²) in [5.74, 6) is 0.170. The molecule has 0 unspecified atom stereocenters. The highest BCUT2D eigenvalue weighted by Gasteiger charge is 2.14. The van der Waals surface area contributed by atoms with Gasteiger partial charge in [-0.15, -0.1) is 0 Å². The minimum absolute atomic E-state index is 0.0915. The van der Waals surface area contributed by atoms with Crippen molar-refractivity contribution in [3.8, 4) is 0 Å². The van der Waals surface area contributed by atoms with Gasteiger partial charge >= 0.3 is 5.97 Å². The Balaban J connectivity index is 2.42. The second-order valence-electron chi connectivity index (χ2n) is 6.65. The lowest BCUT2D eigenvalue weighted by atomic mass is 10.00. The Morgan fingerprint density at radius 3 is 2.61 bits per heavy atom. The highest BCUT2D eigenvalue weighted by atomic mass is 16.6. The number of esters is 1. The van der Waals surface area contributed by atoms with Crippen molar-refractivity contribution in [3.63, 3.8) is 0 Å². The smallest absolute Gasteiger partial charge is 0.330 e. The fourth-order valence-electron chi connectivity index (χ4n) is 2.06. The normalized spacial score (nSPS) is 14.0. The number of furan rings is 1. The first-order valence-corrected chi connectivity index (χ1v) is 7.85. The van der Waals surface area contributed by atoms with Crippen LogP contribution in [0, 0.1) is 5.92 Å². The van der Waals surface area contributed by atoms with Gasteiger partial charge in [-0.3, -0.25) is 4.79 Å². The van der Waals surface area contributed by atoms with Gasteiger partial charge in [0, 0.05) is 6.08 Å². The van der Waals surface area contributed by atoms with Crippen LogP contribution in [-0.2, 0) is 9.53 Å². The van der Waals surface area contributed by atoms with Crippen molar-refractivity contribution >= 4 is 11.8 Å². The average molecular weight is 318 g/mol. The van der Waals surface area contributed by atoms with E-state index in [0.717, 1.165) is 12.8 Å². The van der Waals surface area contributed by atoms with Gasteiger partial charge in [0.1, 0.15) is 5.60 Å². The molecule has 0 saturated heterocycles. The summed E-state index contributed by atoms with van der Waals surface area (Å²) in [6.07, 6.45) is 8.30. The zero-order valence-electron chi connectivity index (χ0n) is 14.6. The van der Waals surface area contributed by atoms with Gasteiger partial charge in [0.05, 0.1) is 6.26 Å². The molecule has 0 amide bonds. The van der Waals surface area contributed by atoms with Crippen molar-refractivity contribution < 1.29 is 18.7 Å². The van der Waals surface area contributed by atoms with Gasteiger partial charge in [-0.1, -0.05) is 19.1 Å². The van der Waals surface area contributed by atoms with Crippen molar-refractivity contribution in [1.29, 1.82) is 0 Å². The lowest BCUT2D eigenvalue weighted by molar-refractivity contribution is -0.148. The number of allylic oxidation sites excluding steroid dienone is 3. The van der Waals surface area contributed by atoms with E-state index < -0.39 is 5.60 Å². The molecule has 0 N–H and O–H groups in total. The molecule has 1 aromatic rings. The molecule has 0 fully saturated rings. The summed E-state index contributed by atoms with van der Waals surface area (Å²) in [5.41, 5.74) is 0.199. The van der Waals surface area contributed by atoms with Crippen LogP contribution >= 0.6 is 0 Å². The Bertz CT molecular complexity index is 571. The fourth-order valence-corrected chi connectivity index (χ4v) is 2.06. The SMILES string of the molecule is C/C(=C\[C@H](C)CC/C=C/C(=O)OC(C)(C)C)C(=O)c1ccco1. The van der Waals surface area contributed by atoms with Crippen molar-refractivity contribution in [2.75, 3.05) is 0 Å². The van der Waals surface area contributed by atoms with Crippen molar-refractivity contribution in [1.82, 2.24) is 0 Å². The van der Waals surface area contributed by atoms with E-state index in [1.165, 1.54) is 12.3 Å². The average Bonchev–Trinajstić information content (AvgIpc) is 2.94. The zero-order valence-corrected chi connectivity index (χ0v) is 14.6. The van der Waals surface area contributed by atoms with E-state index in [1.54, 1.807) is 19.1 Å². The standard InChI is InChI=1S/C19H26O4/c1-14(9-6-7-11-17(20)23-19(3,4)5)13-15(2)18(21)16-10-8-12-22-16/h7-8,10-14H,6,9H2,1-5H3/b11-7+,15-13+/t14-/m1/s1. The lowest BCUT2D eigenvalue weighted by Crippen LogP contribution is -2.22. The molecule has 23 heavy (non-hydrogen) atoms.